The highest BCUT2D eigenvalue weighted by atomic mass is 16.5. The Morgan fingerprint density at radius 2 is 2.13 bits per heavy atom. The number of H-pyrrole nitrogens is 1. The lowest BCUT2D eigenvalue weighted by Crippen LogP contribution is -2.44. The summed E-state index contributed by atoms with van der Waals surface area (Å²) in [6.45, 7) is 4.65. The Morgan fingerprint density at radius 1 is 1.26 bits per heavy atom. The second-order valence-electron chi connectivity index (χ2n) is 11.7. The second-order valence-corrected chi connectivity index (χ2v) is 11.7. The third-order valence-electron chi connectivity index (χ3n) is 9.65. The number of fused-ring (bicyclic) bond motifs is 6. The van der Waals surface area contributed by atoms with Gasteiger partial charge >= 0.3 is 0 Å². The van der Waals surface area contributed by atoms with Crippen molar-refractivity contribution < 1.29 is 19.4 Å². The SMILES string of the molecule is CCOc1cc2c(cc1O)CCC1C2CC[C@]2(C)C(=O)CC(CCCC(=O)Nc3ccc4cn[nH]c4c3)C12. The van der Waals surface area contributed by atoms with E-state index < -0.39 is 0 Å². The van der Waals surface area contributed by atoms with Gasteiger partial charge in [0.2, 0.25) is 5.91 Å². The van der Waals surface area contributed by atoms with E-state index in [2.05, 4.69) is 28.5 Å². The van der Waals surface area contributed by atoms with Gasteiger partial charge in [0.25, 0.3) is 0 Å². The van der Waals surface area contributed by atoms with E-state index in [4.69, 9.17) is 4.74 Å². The number of amides is 1. The maximum Gasteiger partial charge on any atom is 0.224 e. The summed E-state index contributed by atoms with van der Waals surface area (Å²) in [6, 6.07) is 9.70. The molecule has 2 aromatic carbocycles. The second kappa shape index (κ2) is 9.75. The van der Waals surface area contributed by atoms with Gasteiger partial charge < -0.3 is 15.2 Å². The van der Waals surface area contributed by atoms with Crippen LogP contribution in [0.2, 0.25) is 0 Å². The first-order valence-electron chi connectivity index (χ1n) is 14.1. The highest BCUT2D eigenvalue weighted by Crippen LogP contribution is 2.62. The van der Waals surface area contributed by atoms with Gasteiger partial charge in [-0.15, -0.1) is 0 Å². The quantitative estimate of drug-likeness (QED) is 0.351. The van der Waals surface area contributed by atoms with Crippen LogP contribution < -0.4 is 10.1 Å². The summed E-state index contributed by atoms with van der Waals surface area (Å²) in [7, 11) is 0. The number of hydrogen-bond donors (Lipinski definition) is 3. The summed E-state index contributed by atoms with van der Waals surface area (Å²) in [5, 5.41) is 21.4. The third-order valence-corrected chi connectivity index (χ3v) is 9.65. The number of nitrogens with one attached hydrogen (secondary N) is 2. The number of phenolic OH excluding ortho intramolecular Hbond substituents is 1. The number of anilines is 1. The molecule has 2 fully saturated rings. The van der Waals surface area contributed by atoms with Crippen LogP contribution in [0, 0.1) is 23.2 Å². The Hall–Kier alpha value is -3.35. The number of aryl methyl sites for hydroxylation is 1. The molecule has 5 atom stereocenters. The van der Waals surface area contributed by atoms with E-state index in [1.165, 1.54) is 11.1 Å². The van der Waals surface area contributed by atoms with E-state index in [9.17, 15) is 14.7 Å². The number of ether oxygens (including phenoxy) is 1. The fourth-order valence-electron chi connectivity index (χ4n) is 7.95. The number of aromatic amines is 1. The lowest BCUT2D eigenvalue weighted by atomic mass is 9.54. The van der Waals surface area contributed by atoms with E-state index in [-0.39, 0.29) is 17.1 Å². The largest absolute Gasteiger partial charge is 0.504 e. The Labute approximate surface area is 223 Å². The molecule has 0 aliphatic heterocycles. The molecule has 6 rings (SSSR count). The van der Waals surface area contributed by atoms with Gasteiger partial charge in [0, 0.05) is 29.3 Å². The maximum atomic E-state index is 13.3. The van der Waals surface area contributed by atoms with E-state index >= 15 is 0 Å². The lowest BCUT2D eigenvalue weighted by molar-refractivity contribution is -0.129. The van der Waals surface area contributed by atoms with E-state index in [0.717, 1.165) is 55.1 Å². The van der Waals surface area contributed by atoms with Gasteiger partial charge in [0.1, 0.15) is 5.78 Å². The predicted octanol–water partition coefficient (Wildman–Crippen LogP) is 6.13. The molecular weight excluding hydrogens is 478 g/mol. The van der Waals surface area contributed by atoms with Crippen LogP contribution in [0.25, 0.3) is 10.9 Å². The fraction of sp³-hybridized carbons (Fsp3) is 0.516. The van der Waals surface area contributed by atoms with Crippen LogP contribution in [0.4, 0.5) is 5.69 Å². The standard InChI is InChI=1S/C31H37N3O4/c1-3-38-27-16-24-18(13-26(27)35)8-10-23-22(24)11-12-31(2)28(36)14-19(30(23)31)5-4-6-29(37)33-21-9-7-20-17-32-34-25(20)15-21/h7,9,13,15-17,19,22-23,30,35H,3-6,8,10-12,14H2,1-2H3,(H,32,34)(H,33,37)/t19?,22?,23?,30?,31-/m1/s1. The van der Waals surface area contributed by atoms with Crippen molar-refractivity contribution >= 4 is 28.3 Å². The molecule has 0 radical (unpaired) electrons. The maximum absolute atomic E-state index is 13.3. The van der Waals surface area contributed by atoms with Crippen LogP contribution in [0.15, 0.2) is 36.5 Å². The molecule has 38 heavy (non-hydrogen) atoms. The van der Waals surface area contributed by atoms with Crippen molar-refractivity contribution in [1.82, 2.24) is 10.2 Å². The van der Waals surface area contributed by atoms with Crippen molar-refractivity contribution in [1.29, 1.82) is 0 Å². The monoisotopic (exact) mass is 515 g/mol. The zero-order valence-electron chi connectivity index (χ0n) is 22.3. The van der Waals surface area contributed by atoms with Crippen LogP contribution in [0.5, 0.6) is 11.5 Å². The van der Waals surface area contributed by atoms with E-state index in [1.54, 1.807) is 6.20 Å². The summed E-state index contributed by atoms with van der Waals surface area (Å²) in [5.74, 6) is 2.72. The minimum absolute atomic E-state index is 0.00678. The molecule has 1 aromatic heterocycles. The van der Waals surface area contributed by atoms with Crippen molar-refractivity contribution in [2.24, 2.45) is 23.2 Å². The Bertz CT molecular complexity index is 1380. The van der Waals surface area contributed by atoms with Gasteiger partial charge in [-0.3, -0.25) is 14.7 Å². The van der Waals surface area contributed by atoms with Gasteiger partial charge in [0.05, 0.1) is 18.3 Å². The minimum atomic E-state index is -0.259. The first kappa shape index (κ1) is 25.0. The average Bonchev–Trinajstić information content (AvgIpc) is 3.46. The van der Waals surface area contributed by atoms with Crippen LogP contribution in [0.3, 0.4) is 0 Å². The third kappa shape index (κ3) is 4.26. The van der Waals surface area contributed by atoms with Crippen molar-refractivity contribution in [3.8, 4) is 11.5 Å². The van der Waals surface area contributed by atoms with Crippen LogP contribution in [0.1, 0.15) is 75.8 Å². The zero-order valence-corrected chi connectivity index (χ0v) is 22.3. The first-order valence-corrected chi connectivity index (χ1v) is 14.1. The van der Waals surface area contributed by atoms with Crippen molar-refractivity contribution in [3.05, 3.63) is 47.7 Å². The molecule has 1 heterocycles. The van der Waals surface area contributed by atoms with Crippen molar-refractivity contribution in [2.45, 2.75) is 71.1 Å². The fourth-order valence-corrected chi connectivity index (χ4v) is 7.95. The summed E-state index contributed by atoms with van der Waals surface area (Å²) in [5.41, 5.74) is 3.93. The van der Waals surface area contributed by atoms with E-state index in [0.29, 0.717) is 54.7 Å². The molecule has 0 bridgehead atoms. The van der Waals surface area contributed by atoms with Crippen LogP contribution in [-0.2, 0) is 16.0 Å². The molecule has 1 amide bonds. The number of nitrogens with zero attached hydrogens (tertiary/aromatic N) is 1. The number of ketones is 1. The highest BCUT2D eigenvalue weighted by Gasteiger charge is 2.58. The molecule has 3 aliphatic rings. The number of carbonyl (C=O) groups excluding carboxylic acids is 2. The molecule has 4 unspecified atom stereocenters. The number of aromatic nitrogens is 2. The first-order chi connectivity index (χ1) is 18.4. The number of hydrogen-bond acceptors (Lipinski definition) is 5. The average molecular weight is 516 g/mol. The molecule has 0 spiro atoms. The number of Topliss-reactive ketones (excluding diaryl/α,β-unsaturated/α-hetero) is 1. The predicted molar refractivity (Wildman–Crippen MR) is 146 cm³/mol. The molecular formula is C31H37N3O4. The number of benzene rings is 2. The van der Waals surface area contributed by atoms with Crippen molar-refractivity contribution in [2.75, 3.05) is 11.9 Å². The molecule has 7 heteroatoms. The Kier molecular flexibility index (Phi) is 6.40. The van der Waals surface area contributed by atoms with Gasteiger partial charge in [-0.25, -0.2) is 0 Å². The molecule has 3 aliphatic carbocycles. The molecule has 3 N–H and O–H groups in total. The van der Waals surface area contributed by atoms with Gasteiger partial charge in [0.15, 0.2) is 11.5 Å². The van der Waals surface area contributed by atoms with Gasteiger partial charge in [-0.2, -0.15) is 5.10 Å². The Morgan fingerprint density at radius 3 is 2.97 bits per heavy atom. The van der Waals surface area contributed by atoms with Crippen molar-refractivity contribution in [3.63, 3.8) is 0 Å². The molecule has 7 nitrogen and oxygen atoms in total. The normalized spacial score (nSPS) is 28.0. The summed E-state index contributed by atoms with van der Waals surface area (Å²) < 4.78 is 5.72. The summed E-state index contributed by atoms with van der Waals surface area (Å²) in [4.78, 5) is 26.0. The van der Waals surface area contributed by atoms with Gasteiger partial charge in [-0.1, -0.05) is 6.92 Å². The zero-order chi connectivity index (χ0) is 26.4. The number of aromatic hydroxyl groups is 1. The number of carbonyl (C=O) groups is 2. The summed E-state index contributed by atoms with van der Waals surface area (Å²) >= 11 is 0. The lowest BCUT2D eigenvalue weighted by Gasteiger charge is -2.50. The molecule has 0 saturated heterocycles. The molecule has 2 saturated carbocycles. The van der Waals surface area contributed by atoms with Crippen LogP contribution >= 0.6 is 0 Å². The molecule has 3 aromatic rings. The smallest absolute Gasteiger partial charge is 0.224 e. The Balaban J connectivity index is 1.14. The highest BCUT2D eigenvalue weighted by molar-refractivity contribution is 5.93. The molecule has 200 valence electrons. The minimum Gasteiger partial charge on any atom is -0.504 e. The van der Waals surface area contributed by atoms with Crippen LogP contribution in [-0.4, -0.2) is 33.6 Å². The van der Waals surface area contributed by atoms with E-state index in [1.807, 2.05) is 31.2 Å². The summed E-state index contributed by atoms with van der Waals surface area (Å²) in [6.07, 6.45) is 8.41. The van der Waals surface area contributed by atoms with Gasteiger partial charge in [-0.05, 0) is 111 Å². The number of phenols is 1. The number of rotatable bonds is 7. The topological polar surface area (TPSA) is 104 Å².